The molecule has 0 saturated heterocycles. The lowest BCUT2D eigenvalue weighted by Crippen LogP contribution is -2.39. The summed E-state index contributed by atoms with van der Waals surface area (Å²) in [6.07, 6.45) is 4.38. The minimum absolute atomic E-state index is 0.154. The van der Waals surface area contributed by atoms with Gasteiger partial charge in [-0.1, -0.05) is 30.3 Å². The average Bonchev–Trinajstić information content (AvgIpc) is 3.26. The summed E-state index contributed by atoms with van der Waals surface area (Å²) in [5.74, 6) is 0.511. The predicted molar refractivity (Wildman–Crippen MR) is 112 cm³/mol. The number of anilines is 1. The number of carbonyl (C=O) groups excluding carboxylic acids is 1. The quantitative estimate of drug-likeness (QED) is 0.545. The van der Waals surface area contributed by atoms with Crippen LogP contribution in [0.25, 0.3) is 5.82 Å². The lowest BCUT2D eigenvalue weighted by molar-refractivity contribution is 0.0911. The van der Waals surface area contributed by atoms with Gasteiger partial charge in [0.1, 0.15) is 0 Å². The van der Waals surface area contributed by atoms with Gasteiger partial charge >= 0.3 is 6.03 Å². The maximum Gasteiger partial charge on any atom is 0.319 e. The molecule has 0 radical (unpaired) electrons. The first-order chi connectivity index (χ1) is 14.0. The number of aromatic nitrogens is 3. The Hall–Kier alpha value is -3.23. The van der Waals surface area contributed by atoms with E-state index in [0.717, 1.165) is 5.56 Å². The maximum absolute atomic E-state index is 12.3. The minimum atomic E-state index is -0.672. The van der Waals surface area contributed by atoms with Gasteiger partial charge in [0.05, 0.1) is 18.0 Å². The molecule has 3 aromatic rings. The topological polar surface area (TPSA) is 95.3 Å². The van der Waals surface area contributed by atoms with Crippen LogP contribution in [0.5, 0.6) is 0 Å². The van der Waals surface area contributed by atoms with Crippen molar-refractivity contribution in [2.24, 2.45) is 5.92 Å². The van der Waals surface area contributed by atoms with Gasteiger partial charge in [-0.2, -0.15) is 5.10 Å². The van der Waals surface area contributed by atoms with Crippen molar-refractivity contribution in [3.63, 3.8) is 0 Å². The Morgan fingerprint density at radius 1 is 1.17 bits per heavy atom. The van der Waals surface area contributed by atoms with Crippen LogP contribution in [-0.2, 0) is 0 Å². The van der Waals surface area contributed by atoms with Crippen molar-refractivity contribution in [2.75, 3.05) is 32.5 Å². The number of nitrogens with one attached hydrogen (secondary N) is 2. The van der Waals surface area contributed by atoms with E-state index in [0.29, 0.717) is 24.6 Å². The summed E-state index contributed by atoms with van der Waals surface area (Å²) in [6, 6.07) is 14.5. The Morgan fingerprint density at radius 2 is 1.97 bits per heavy atom. The second-order valence-corrected chi connectivity index (χ2v) is 7.07. The molecule has 8 heteroatoms. The fourth-order valence-electron chi connectivity index (χ4n) is 3.07. The Labute approximate surface area is 170 Å². The van der Waals surface area contributed by atoms with Gasteiger partial charge in [-0.25, -0.2) is 14.5 Å². The van der Waals surface area contributed by atoms with E-state index in [-0.39, 0.29) is 11.9 Å². The van der Waals surface area contributed by atoms with E-state index in [2.05, 4.69) is 20.7 Å². The first-order valence-electron chi connectivity index (χ1n) is 9.41. The van der Waals surface area contributed by atoms with Crippen molar-refractivity contribution in [3.8, 4) is 5.82 Å². The molecule has 2 heterocycles. The lowest BCUT2D eigenvalue weighted by atomic mass is 9.95. The van der Waals surface area contributed by atoms with Crippen LogP contribution in [-0.4, -0.2) is 58.0 Å². The zero-order chi connectivity index (χ0) is 20.6. The highest BCUT2D eigenvalue weighted by Gasteiger charge is 2.22. The predicted octanol–water partition coefficient (Wildman–Crippen LogP) is 2.30. The summed E-state index contributed by atoms with van der Waals surface area (Å²) in [6.45, 7) is 0.968. The van der Waals surface area contributed by atoms with Crippen molar-refractivity contribution < 1.29 is 9.90 Å². The molecule has 0 saturated carbocycles. The van der Waals surface area contributed by atoms with Gasteiger partial charge in [-0.3, -0.25) is 0 Å². The molecule has 0 bridgehead atoms. The minimum Gasteiger partial charge on any atom is -0.388 e. The molecule has 0 fully saturated rings. The third-order valence-corrected chi connectivity index (χ3v) is 4.46. The van der Waals surface area contributed by atoms with E-state index in [1.54, 1.807) is 35.4 Å². The average molecular weight is 394 g/mol. The largest absolute Gasteiger partial charge is 0.388 e. The normalized spacial score (nSPS) is 13.1. The number of hydrogen-bond acceptors (Lipinski definition) is 5. The highest BCUT2D eigenvalue weighted by atomic mass is 16.3. The molecule has 1 aromatic carbocycles. The number of amides is 2. The molecule has 0 aliphatic heterocycles. The fraction of sp³-hybridized carbons (Fsp3) is 0.286. The van der Waals surface area contributed by atoms with Gasteiger partial charge in [-0.05, 0) is 37.9 Å². The van der Waals surface area contributed by atoms with Crippen molar-refractivity contribution >= 4 is 11.7 Å². The van der Waals surface area contributed by atoms with Gasteiger partial charge in [0.25, 0.3) is 0 Å². The van der Waals surface area contributed by atoms with Crippen LogP contribution < -0.4 is 10.6 Å². The van der Waals surface area contributed by atoms with Gasteiger partial charge < -0.3 is 20.6 Å². The van der Waals surface area contributed by atoms with Crippen LogP contribution in [0.3, 0.4) is 0 Å². The molecule has 3 N–H and O–H groups in total. The number of urea groups is 1. The Kier molecular flexibility index (Phi) is 6.94. The highest BCUT2D eigenvalue weighted by molar-refractivity contribution is 5.89. The molecule has 2 amide bonds. The molecular weight excluding hydrogens is 368 g/mol. The number of nitrogens with zero attached hydrogens (tertiary/aromatic N) is 4. The smallest absolute Gasteiger partial charge is 0.319 e. The zero-order valence-corrected chi connectivity index (χ0v) is 16.6. The summed E-state index contributed by atoms with van der Waals surface area (Å²) in [4.78, 5) is 18.6. The van der Waals surface area contributed by atoms with Gasteiger partial charge in [0.15, 0.2) is 5.82 Å². The molecule has 0 spiro atoms. The van der Waals surface area contributed by atoms with E-state index < -0.39 is 6.10 Å². The molecule has 2 aromatic heterocycles. The summed E-state index contributed by atoms with van der Waals surface area (Å²) < 4.78 is 1.64. The second-order valence-electron chi connectivity index (χ2n) is 7.07. The standard InChI is InChI=1S/C21H26N6O2/c1-26(2)15-17(20(28)16-7-4-3-5-8-16)13-23-21(29)25-18-9-10-19(22-14-18)27-12-6-11-24-27/h3-12,14,17,20,28H,13,15H2,1-2H3,(H2,23,25,29). The lowest BCUT2D eigenvalue weighted by Gasteiger charge is -2.26. The van der Waals surface area contributed by atoms with Crippen LogP contribution in [0.15, 0.2) is 67.1 Å². The number of rotatable bonds is 8. The molecule has 2 unspecified atom stereocenters. The first-order valence-corrected chi connectivity index (χ1v) is 9.41. The van der Waals surface area contributed by atoms with Gasteiger partial charge in [0, 0.05) is 31.4 Å². The molecule has 8 nitrogen and oxygen atoms in total. The van der Waals surface area contributed by atoms with Crippen LogP contribution in [0.2, 0.25) is 0 Å². The van der Waals surface area contributed by atoms with Crippen LogP contribution in [0.4, 0.5) is 10.5 Å². The van der Waals surface area contributed by atoms with E-state index in [1.165, 1.54) is 0 Å². The summed E-state index contributed by atoms with van der Waals surface area (Å²) in [7, 11) is 3.88. The summed E-state index contributed by atoms with van der Waals surface area (Å²) >= 11 is 0. The van der Waals surface area contributed by atoms with Gasteiger partial charge in [-0.15, -0.1) is 0 Å². The fourth-order valence-corrected chi connectivity index (χ4v) is 3.07. The van der Waals surface area contributed by atoms with Crippen molar-refractivity contribution in [1.29, 1.82) is 0 Å². The summed E-state index contributed by atoms with van der Waals surface area (Å²) in [5, 5.41) is 20.5. The van der Waals surface area contributed by atoms with E-state index in [1.807, 2.05) is 55.4 Å². The van der Waals surface area contributed by atoms with Crippen LogP contribution >= 0.6 is 0 Å². The Bertz CT molecular complexity index is 881. The van der Waals surface area contributed by atoms with Crippen molar-refractivity contribution in [2.45, 2.75) is 6.10 Å². The second kappa shape index (κ2) is 9.81. The van der Waals surface area contributed by atoms with Crippen LogP contribution in [0, 0.1) is 5.92 Å². The Balaban J connectivity index is 1.56. The molecule has 2 atom stereocenters. The first kappa shape index (κ1) is 20.5. The van der Waals surface area contributed by atoms with Gasteiger partial charge in [0.2, 0.25) is 0 Å². The number of pyridine rings is 1. The Morgan fingerprint density at radius 3 is 2.59 bits per heavy atom. The van der Waals surface area contributed by atoms with E-state index in [9.17, 15) is 9.90 Å². The molecular formula is C21H26N6O2. The number of carbonyl (C=O) groups is 1. The maximum atomic E-state index is 12.3. The molecule has 29 heavy (non-hydrogen) atoms. The van der Waals surface area contributed by atoms with E-state index in [4.69, 9.17) is 0 Å². The monoisotopic (exact) mass is 394 g/mol. The third-order valence-electron chi connectivity index (χ3n) is 4.46. The molecule has 0 aliphatic rings. The SMILES string of the molecule is CN(C)CC(CNC(=O)Nc1ccc(-n2cccn2)nc1)C(O)c1ccccc1. The van der Waals surface area contributed by atoms with E-state index >= 15 is 0 Å². The molecule has 152 valence electrons. The van der Waals surface area contributed by atoms with Crippen molar-refractivity contribution in [1.82, 2.24) is 25.0 Å². The number of aliphatic hydroxyl groups is 1. The molecule has 3 rings (SSSR count). The highest BCUT2D eigenvalue weighted by Crippen LogP contribution is 2.22. The zero-order valence-electron chi connectivity index (χ0n) is 16.6. The number of benzene rings is 1. The number of aliphatic hydroxyl groups excluding tert-OH is 1. The molecule has 0 aliphatic carbocycles. The van der Waals surface area contributed by atoms with Crippen LogP contribution in [0.1, 0.15) is 11.7 Å². The third kappa shape index (κ3) is 5.87. The van der Waals surface area contributed by atoms with Crippen molar-refractivity contribution in [3.05, 3.63) is 72.7 Å². The summed E-state index contributed by atoms with van der Waals surface area (Å²) in [5.41, 5.74) is 1.41. The number of hydrogen-bond donors (Lipinski definition) is 3.